The minimum atomic E-state index is -1.08. The molecule has 0 spiro atoms. The number of benzene rings is 1. The number of fused-ring (bicyclic) bond motifs is 1. The van der Waals surface area contributed by atoms with Crippen LogP contribution in [-0.4, -0.2) is 45.5 Å². The Morgan fingerprint density at radius 1 is 1.06 bits per heavy atom. The second-order valence-electron chi connectivity index (χ2n) is 11.9. The van der Waals surface area contributed by atoms with Crippen LogP contribution in [0.15, 0.2) is 36.9 Å². The zero-order chi connectivity index (χ0) is 27.1. The van der Waals surface area contributed by atoms with Crippen molar-refractivity contribution >= 4 is 17.9 Å². The van der Waals surface area contributed by atoms with Crippen LogP contribution >= 0.6 is 0 Å². The average Bonchev–Trinajstić information content (AvgIpc) is 2.74. The van der Waals surface area contributed by atoms with E-state index in [1.54, 1.807) is 4.90 Å². The molecule has 1 aliphatic rings. The average molecular weight is 500 g/mol. The van der Waals surface area contributed by atoms with Crippen molar-refractivity contribution in [3.63, 3.8) is 0 Å². The summed E-state index contributed by atoms with van der Waals surface area (Å²) >= 11 is 0. The fourth-order valence-corrected chi connectivity index (χ4v) is 4.67. The predicted octanol–water partition coefficient (Wildman–Crippen LogP) is 5.27. The van der Waals surface area contributed by atoms with Gasteiger partial charge in [0.1, 0.15) is 11.1 Å². The van der Waals surface area contributed by atoms with Gasteiger partial charge in [0, 0.05) is 25.0 Å². The summed E-state index contributed by atoms with van der Waals surface area (Å²) in [6.45, 7) is 17.0. The van der Waals surface area contributed by atoms with Gasteiger partial charge in [-0.1, -0.05) is 30.3 Å². The lowest BCUT2D eigenvalue weighted by Gasteiger charge is -2.41. The van der Waals surface area contributed by atoms with E-state index in [1.165, 1.54) is 12.5 Å². The van der Waals surface area contributed by atoms with Crippen molar-refractivity contribution in [2.75, 3.05) is 0 Å². The van der Waals surface area contributed by atoms with Crippen molar-refractivity contribution in [1.82, 2.24) is 15.5 Å². The van der Waals surface area contributed by atoms with Gasteiger partial charge in [-0.25, -0.2) is 4.79 Å². The van der Waals surface area contributed by atoms with Crippen molar-refractivity contribution in [2.45, 2.75) is 116 Å². The van der Waals surface area contributed by atoms with Crippen molar-refractivity contribution in [3.8, 4) is 0 Å². The van der Waals surface area contributed by atoms with E-state index in [9.17, 15) is 14.4 Å². The first-order valence-corrected chi connectivity index (χ1v) is 12.9. The zero-order valence-electron chi connectivity index (χ0n) is 23.2. The summed E-state index contributed by atoms with van der Waals surface area (Å²) < 4.78 is 5.74. The van der Waals surface area contributed by atoms with Crippen LogP contribution in [0.25, 0.3) is 0 Å². The number of ether oxygens (including phenoxy) is 1. The molecule has 36 heavy (non-hydrogen) atoms. The van der Waals surface area contributed by atoms with Crippen LogP contribution in [0.5, 0.6) is 0 Å². The highest BCUT2D eigenvalue weighted by Crippen LogP contribution is 2.31. The third kappa shape index (κ3) is 8.68. The molecule has 200 valence electrons. The summed E-state index contributed by atoms with van der Waals surface area (Å²) in [5, 5.41) is 6.07. The third-order valence-electron chi connectivity index (χ3n) is 6.24. The van der Waals surface area contributed by atoms with E-state index in [-0.39, 0.29) is 23.9 Å². The fraction of sp³-hybridized carbons (Fsp3) is 0.621. The Labute approximate surface area is 217 Å². The lowest BCUT2D eigenvalue weighted by atomic mass is 9.82. The van der Waals surface area contributed by atoms with Crippen LogP contribution in [-0.2, 0) is 27.3 Å². The maximum Gasteiger partial charge on any atom is 0.410 e. The van der Waals surface area contributed by atoms with Crippen LogP contribution in [0, 0.1) is 0 Å². The second kappa shape index (κ2) is 11.9. The number of carbonyl (C=O) groups excluding carboxylic acids is 3. The molecule has 1 aliphatic heterocycles. The highest BCUT2D eigenvalue weighted by molar-refractivity contribution is 5.91. The Kier molecular flexibility index (Phi) is 9.75. The summed E-state index contributed by atoms with van der Waals surface area (Å²) in [6, 6.07) is 7.95. The maximum absolute atomic E-state index is 13.6. The molecule has 7 nitrogen and oxygen atoms in total. The molecule has 0 aromatic heterocycles. The lowest BCUT2D eigenvalue weighted by molar-refractivity contribution is -0.135. The summed E-state index contributed by atoms with van der Waals surface area (Å²) in [4.78, 5) is 40.9. The van der Waals surface area contributed by atoms with Gasteiger partial charge in [0.2, 0.25) is 11.8 Å². The van der Waals surface area contributed by atoms with Crippen LogP contribution in [0.2, 0.25) is 0 Å². The van der Waals surface area contributed by atoms with Gasteiger partial charge >= 0.3 is 6.09 Å². The molecule has 0 radical (unpaired) electrons. The van der Waals surface area contributed by atoms with E-state index in [2.05, 4.69) is 23.3 Å². The van der Waals surface area contributed by atoms with Crippen LogP contribution in [0.4, 0.5) is 4.79 Å². The van der Waals surface area contributed by atoms with E-state index in [4.69, 9.17) is 4.74 Å². The van der Waals surface area contributed by atoms with Crippen LogP contribution < -0.4 is 10.6 Å². The van der Waals surface area contributed by atoms with Crippen LogP contribution in [0.3, 0.4) is 0 Å². The van der Waals surface area contributed by atoms with Gasteiger partial charge in [-0.05, 0) is 91.2 Å². The Morgan fingerprint density at radius 2 is 1.69 bits per heavy atom. The third-order valence-corrected chi connectivity index (χ3v) is 6.24. The molecule has 2 atom stereocenters. The molecule has 0 saturated carbocycles. The minimum Gasteiger partial charge on any atom is -0.444 e. The maximum atomic E-state index is 13.6. The largest absolute Gasteiger partial charge is 0.444 e. The molecule has 0 saturated heterocycles. The molecule has 1 aromatic carbocycles. The van der Waals surface area contributed by atoms with Gasteiger partial charge < -0.3 is 20.3 Å². The highest BCUT2D eigenvalue weighted by Gasteiger charge is 2.42. The quantitative estimate of drug-likeness (QED) is 0.358. The standard InChI is InChI=1S/C29H45N3O4/c1-9-10-13-17-29(30-21(2)33,25(34)31-27(3,4)5)18-16-24-19-22-14-11-12-15-23(22)20-32(24)26(35)36-28(6,7)8/h9,11-12,14-15,24H,1,10,13,16-20H2,2-8H3,(H,30,33)(H,31,34). The fourth-order valence-electron chi connectivity index (χ4n) is 4.67. The first-order valence-electron chi connectivity index (χ1n) is 12.9. The van der Waals surface area contributed by atoms with Gasteiger partial charge in [0.15, 0.2) is 0 Å². The zero-order valence-corrected chi connectivity index (χ0v) is 23.2. The van der Waals surface area contributed by atoms with Crippen molar-refractivity contribution in [3.05, 3.63) is 48.0 Å². The molecular weight excluding hydrogens is 454 g/mol. The van der Waals surface area contributed by atoms with Crippen LogP contribution in [0.1, 0.15) is 91.7 Å². The second-order valence-corrected chi connectivity index (χ2v) is 11.9. The molecule has 2 unspecified atom stereocenters. The molecule has 7 heteroatoms. The van der Waals surface area contributed by atoms with E-state index >= 15 is 0 Å². The first-order chi connectivity index (χ1) is 16.7. The molecule has 0 bridgehead atoms. The van der Waals surface area contributed by atoms with Gasteiger partial charge in [-0.2, -0.15) is 0 Å². The van der Waals surface area contributed by atoms with Crippen molar-refractivity contribution in [2.24, 2.45) is 0 Å². The molecule has 1 aromatic rings. The number of carbonyl (C=O) groups is 3. The van der Waals surface area contributed by atoms with Gasteiger partial charge in [-0.3, -0.25) is 9.59 Å². The smallest absolute Gasteiger partial charge is 0.410 e. The molecular formula is C29H45N3O4. The number of amides is 3. The topological polar surface area (TPSA) is 87.7 Å². The van der Waals surface area contributed by atoms with E-state index < -0.39 is 16.7 Å². The highest BCUT2D eigenvalue weighted by atomic mass is 16.6. The Morgan fingerprint density at radius 3 is 2.25 bits per heavy atom. The van der Waals surface area contributed by atoms with Crippen molar-refractivity contribution < 1.29 is 19.1 Å². The van der Waals surface area contributed by atoms with Gasteiger partial charge in [0.05, 0.1) is 0 Å². The first kappa shape index (κ1) is 29.4. The Hall–Kier alpha value is -2.83. The molecule has 2 rings (SSSR count). The summed E-state index contributed by atoms with van der Waals surface area (Å²) in [5.74, 6) is -0.454. The summed E-state index contributed by atoms with van der Waals surface area (Å²) in [7, 11) is 0. The van der Waals surface area contributed by atoms with E-state index in [0.717, 1.165) is 12.0 Å². The number of nitrogens with zero attached hydrogens (tertiary/aromatic N) is 1. The molecule has 3 amide bonds. The molecule has 0 fully saturated rings. The van der Waals surface area contributed by atoms with E-state index in [0.29, 0.717) is 38.6 Å². The summed E-state index contributed by atoms with van der Waals surface area (Å²) in [5.41, 5.74) is 0.141. The number of hydrogen-bond donors (Lipinski definition) is 2. The monoisotopic (exact) mass is 499 g/mol. The number of hydrogen-bond acceptors (Lipinski definition) is 4. The number of nitrogens with one attached hydrogen (secondary N) is 2. The number of allylic oxidation sites excluding steroid dienone is 1. The minimum absolute atomic E-state index is 0.162. The number of rotatable bonds is 9. The van der Waals surface area contributed by atoms with Gasteiger partial charge in [-0.15, -0.1) is 6.58 Å². The Balaban J connectivity index is 2.38. The summed E-state index contributed by atoms with van der Waals surface area (Å²) in [6.07, 6.45) is 5.00. The lowest BCUT2D eigenvalue weighted by Crippen LogP contribution is -2.62. The number of unbranched alkanes of at least 4 members (excludes halogenated alkanes) is 1. The normalized spacial score (nSPS) is 17.4. The van der Waals surface area contributed by atoms with Gasteiger partial charge in [0.25, 0.3) is 0 Å². The van der Waals surface area contributed by atoms with E-state index in [1.807, 2.05) is 65.8 Å². The predicted molar refractivity (Wildman–Crippen MR) is 143 cm³/mol. The molecule has 0 aliphatic carbocycles. The van der Waals surface area contributed by atoms with Crippen molar-refractivity contribution in [1.29, 1.82) is 0 Å². The Bertz CT molecular complexity index is 945. The molecule has 1 heterocycles. The SMILES string of the molecule is C=CCCCC(CCC1Cc2ccccc2CN1C(=O)OC(C)(C)C)(NC(C)=O)C(=O)NC(C)(C)C. The molecule has 2 N–H and O–H groups in total.